The molecule has 5 aromatic rings. The van der Waals surface area contributed by atoms with Crippen LogP contribution in [0.2, 0.25) is 0 Å². The van der Waals surface area contributed by atoms with Crippen molar-refractivity contribution >= 4 is 43.0 Å². The second-order valence-electron chi connectivity index (χ2n) is 10.2. The van der Waals surface area contributed by atoms with Crippen LogP contribution in [-0.2, 0) is 26.6 Å². The van der Waals surface area contributed by atoms with Crippen molar-refractivity contribution in [3.63, 3.8) is 0 Å². The number of nitrogens with zero attached hydrogens (tertiary/aromatic N) is 1. The third-order valence-electron chi connectivity index (χ3n) is 7.06. The molecule has 0 spiro atoms. The maximum absolute atomic E-state index is 13.9. The minimum atomic E-state index is -4.06. The van der Waals surface area contributed by atoms with Crippen molar-refractivity contribution < 1.29 is 21.6 Å². The zero-order chi connectivity index (χ0) is 31.3. The molecule has 0 aliphatic rings. The van der Waals surface area contributed by atoms with Crippen LogP contribution in [0.3, 0.4) is 0 Å². The van der Waals surface area contributed by atoms with Crippen LogP contribution < -0.4 is 14.3 Å². The fraction of sp³-hybridized carbons (Fsp3) is 0.0882. The van der Waals surface area contributed by atoms with E-state index >= 15 is 0 Å². The van der Waals surface area contributed by atoms with E-state index in [0.717, 1.165) is 16.7 Å². The molecule has 0 heterocycles. The van der Waals surface area contributed by atoms with Gasteiger partial charge < -0.3 is 5.32 Å². The van der Waals surface area contributed by atoms with Gasteiger partial charge in [0, 0.05) is 5.69 Å². The highest BCUT2D eigenvalue weighted by Gasteiger charge is 2.28. The lowest BCUT2D eigenvalue weighted by atomic mass is 10.1. The molecular weight excluding hydrogens is 595 g/mol. The molecule has 0 unspecified atom stereocenters. The molecule has 0 aliphatic carbocycles. The van der Waals surface area contributed by atoms with Crippen LogP contribution in [0.4, 0.5) is 17.1 Å². The van der Waals surface area contributed by atoms with E-state index in [-0.39, 0.29) is 27.6 Å². The van der Waals surface area contributed by atoms with Gasteiger partial charge in [0.1, 0.15) is 0 Å². The highest BCUT2D eigenvalue weighted by atomic mass is 32.2. The van der Waals surface area contributed by atoms with Crippen LogP contribution in [0.5, 0.6) is 0 Å². The summed E-state index contributed by atoms with van der Waals surface area (Å²) in [6.07, 6.45) is 0. The lowest BCUT2D eigenvalue weighted by Crippen LogP contribution is -2.32. The Morgan fingerprint density at radius 1 is 0.636 bits per heavy atom. The van der Waals surface area contributed by atoms with Gasteiger partial charge in [-0.25, -0.2) is 16.8 Å². The Labute approximate surface area is 258 Å². The molecule has 0 aromatic heterocycles. The van der Waals surface area contributed by atoms with Crippen LogP contribution in [-0.4, -0.2) is 22.7 Å². The number of aryl methyl sites for hydroxylation is 2. The first-order chi connectivity index (χ1) is 21.1. The van der Waals surface area contributed by atoms with E-state index < -0.39 is 26.0 Å². The van der Waals surface area contributed by atoms with Gasteiger partial charge in [0.15, 0.2) is 0 Å². The van der Waals surface area contributed by atoms with Gasteiger partial charge >= 0.3 is 0 Å². The third kappa shape index (κ3) is 6.66. The summed E-state index contributed by atoms with van der Waals surface area (Å²) in [6.45, 7) is 3.66. The summed E-state index contributed by atoms with van der Waals surface area (Å²) in [5, 5.41) is 2.78. The van der Waals surface area contributed by atoms with Gasteiger partial charge in [-0.2, -0.15) is 0 Å². The van der Waals surface area contributed by atoms with E-state index in [4.69, 9.17) is 0 Å². The molecule has 0 aliphatic heterocycles. The third-order valence-corrected chi connectivity index (χ3v) is 10.2. The van der Waals surface area contributed by atoms with E-state index in [1.54, 1.807) is 42.5 Å². The number of benzene rings is 5. The van der Waals surface area contributed by atoms with Crippen molar-refractivity contribution in [1.82, 2.24) is 0 Å². The summed E-state index contributed by atoms with van der Waals surface area (Å²) in [6, 6.07) is 35.0. The second kappa shape index (κ2) is 12.7. The Morgan fingerprint density at radius 3 is 1.84 bits per heavy atom. The fourth-order valence-electron chi connectivity index (χ4n) is 4.74. The van der Waals surface area contributed by atoms with E-state index in [9.17, 15) is 21.6 Å². The summed E-state index contributed by atoms with van der Waals surface area (Å²) < 4.78 is 57.8. The van der Waals surface area contributed by atoms with Crippen LogP contribution in [0.25, 0.3) is 0 Å². The van der Waals surface area contributed by atoms with Crippen molar-refractivity contribution in [1.29, 1.82) is 0 Å². The Kier molecular flexibility index (Phi) is 8.84. The standard InChI is InChI=1S/C34H31N3O5S2/c1-25-12-11-13-26(2)33(25)36-43(39,40)29-22-20-28(21-23-29)35-34(38)31-18-9-10-19-32(31)37(24-27-14-5-3-6-15-27)44(41,42)30-16-7-4-8-17-30/h3-23,36H,24H2,1-2H3,(H,35,38). The zero-order valence-corrected chi connectivity index (χ0v) is 25.8. The van der Waals surface area contributed by atoms with Gasteiger partial charge in [-0.05, 0) is 79.1 Å². The summed E-state index contributed by atoms with van der Waals surface area (Å²) in [4.78, 5) is 13.7. The number of rotatable bonds is 10. The molecule has 0 atom stereocenters. The fourth-order valence-corrected chi connectivity index (χ4v) is 7.43. The largest absolute Gasteiger partial charge is 0.322 e. The first-order valence-corrected chi connectivity index (χ1v) is 16.7. The molecule has 1 amide bonds. The van der Waals surface area contributed by atoms with Gasteiger partial charge in [0.2, 0.25) is 0 Å². The molecule has 0 saturated heterocycles. The molecule has 2 N–H and O–H groups in total. The quantitative estimate of drug-likeness (QED) is 0.178. The number of hydrogen-bond donors (Lipinski definition) is 2. The maximum Gasteiger partial charge on any atom is 0.264 e. The molecule has 0 radical (unpaired) electrons. The molecule has 224 valence electrons. The van der Waals surface area contributed by atoms with Crippen LogP contribution in [0.1, 0.15) is 27.0 Å². The number of carbonyl (C=O) groups is 1. The lowest BCUT2D eigenvalue weighted by Gasteiger charge is -2.26. The predicted molar refractivity (Wildman–Crippen MR) is 174 cm³/mol. The highest BCUT2D eigenvalue weighted by Crippen LogP contribution is 2.30. The minimum Gasteiger partial charge on any atom is -0.322 e. The van der Waals surface area contributed by atoms with Crippen molar-refractivity contribution in [2.45, 2.75) is 30.2 Å². The minimum absolute atomic E-state index is 0.00226. The monoisotopic (exact) mass is 625 g/mol. The van der Waals surface area contributed by atoms with Crippen molar-refractivity contribution in [3.8, 4) is 0 Å². The zero-order valence-electron chi connectivity index (χ0n) is 24.1. The number of para-hydroxylation sites is 2. The Morgan fingerprint density at radius 2 is 1.20 bits per heavy atom. The van der Waals surface area contributed by atoms with E-state index in [1.165, 1.54) is 40.7 Å². The molecule has 5 rings (SSSR count). The highest BCUT2D eigenvalue weighted by molar-refractivity contribution is 7.93. The van der Waals surface area contributed by atoms with E-state index in [2.05, 4.69) is 10.0 Å². The number of carbonyl (C=O) groups excluding carboxylic acids is 1. The van der Waals surface area contributed by atoms with Gasteiger partial charge in [0.25, 0.3) is 26.0 Å². The summed E-state index contributed by atoms with van der Waals surface area (Å²) in [7, 11) is -7.94. The number of hydrogen-bond acceptors (Lipinski definition) is 5. The average molecular weight is 626 g/mol. The van der Waals surface area contributed by atoms with Gasteiger partial charge in [-0.3, -0.25) is 13.8 Å². The Hall–Kier alpha value is -4.93. The predicted octanol–water partition coefficient (Wildman–Crippen LogP) is 6.75. The number of amides is 1. The molecule has 5 aromatic carbocycles. The lowest BCUT2D eigenvalue weighted by molar-refractivity contribution is 0.102. The first-order valence-electron chi connectivity index (χ1n) is 13.8. The normalized spacial score (nSPS) is 11.5. The molecule has 0 saturated carbocycles. The Bertz CT molecular complexity index is 1980. The number of nitrogens with one attached hydrogen (secondary N) is 2. The summed E-state index contributed by atoms with van der Waals surface area (Å²) in [5.41, 5.74) is 3.54. The van der Waals surface area contributed by atoms with Crippen LogP contribution in [0, 0.1) is 13.8 Å². The van der Waals surface area contributed by atoms with Crippen LogP contribution >= 0.6 is 0 Å². The SMILES string of the molecule is Cc1cccc(C)c1NS(=O)(=O)c1ccc(NC(=O)c2ccccc2N(Cc2ccccc2)S(=O)(=O)c2ccccc2)cc1. The van der Waals surface area contributed by atoms with E-state index in [0.29, 0.717) is 11.4 Å². The van der Waals surface area contributed by atoms with E-state index in [1.807, 2.05) is 62.4 Å². The van der Waals surface area contributed by atoms with Gasteiger partial charge in [0.05, 0.1) is 33.3 Å². The first kappa shape index (κ1) is 30.5. The molecule has 0 fully saturated rings. The molecule has 44 heavy (non-hydrogen) atoms. The molecule has 8 nitrogen and oxygen atoms in total. The number of sulfonamides is 2. The summed E-state index contributed by atoms with van der Waals surface area (Å²) in [5.74, 6) is -0.550. The van der Waals surface area contributed by atoms with Crippen molar-refractivity contribution in [3.05, 3.63) is 150 Å². The van der Waals surface area contributed by atoms with Crippen LogP contribution in [0.15, 0.2) is 137 Å². The van der Waals surface area contributed by atoms with Crippen molar-refractivity contribution in [2.75, 3.05) is 14.3 Å². The molecule has 0 bridgehead atoms. The second-order valence-corrected chi connectivity index (χ2v) is 13.7. The topological polar surface area (TPSA) is 113 Å². The summed E-state index contributed by atoms with van der Waals surface area (Å²) >= 11 is 0. The van der Waals surface area contributed by atoms with Crippen molar-refractivity contribution in [2.24, 2.45) is 0 Å². The average Bonchev–Trinajstić information content (AvgIpc) is 3.03. The maximum atomic E-state index is 13.9. The van der Waals surface area contributed by atoms with Gasteiger partial charge in [-0.15, -0.1) is 0 Å². The molecular formula is C34H31N3O5S2. The Balaban J connectivity index is 1.43. The molecule has 10 heteroatoms. The smallest absolute Gasteiger partial charge is 0.264 e. The number of anilines is 3. The van der Waals surface area contributed by atoms with Gasteiger partial charge in [-0.1, -0.05) is 78.9 Å².